The van der Waals surface area contributed by atoms with Gasteiger partial charge in [-0.1, -0.05) is 38.1 Å². The van der Waals surface area contributed by atoms with E-state index in [1.54, 1.807) is 29.2 Å². The van der Waals surface area contributed by atoms with E-state index in [9.17, 15) is 24.3 Å². The van der Waals surface area contributed by atoms with Crippen LogP contribution in [0.2, 0.25) is 0 Å². The van der Waals surface area contributed by atoms with Gasteiger partial charge in [0.25, 0.3) is 0 Å². The molecule has 0 radical (unpaired) electrons. The van der Waals surface area contributed by atoms with Crippen LogP contribution in [0.15, 0.2) is 36.4 Å². The number of allylic oxidation sites excluding steroid dienone is 2. The Morgan fingerprint density at radius 1 is 1.12 bits per heavy atom. The van der Waals surface area contributed by atoms with Gasteiger partial charge in [-0.05, 0) is 62.1 Å². The lowest BCUT2D eigenvalue weighted by molar-refractivity contribution is -0.144. The van der Waals surface area contributed by atoms with Crippen LogP contribution in [0.5, 0.6) is 5.75 Å². The molecule has 4 atom stereocenters. The molecule has 0 aromatic heterocycles. The molecule has 1 aromatic rings. The molecule has 2 saturated heterocycles. The average Bonchev–Trinajstić information content (AvgIpc) is 2.95. The van der Waals surface area contributed by atoms with E-state index in [0.717, 1.165) is 18.4 Å². The number of likely N-dealkylation sites (tertiary alicyclic amines) is 1. The lowest BCUT2D eigenvalue weighted by Crippen LogP contribution is -2.58. The van der Waals surface area contributed by atoms with Gasteiger partial charge in [0.2, 0.25) is 23.6 Å². The fourth-order valence-electron chi connectivity index (χ4n) is 6.31. The second kappa shape index (κ2) is 14.2. The number of aromatic hydroxyl groups is 1. The van der Waals surface area contributed by atoms with Gasteiger partial charge in [0.1, 0.15) is 17.8 Å². The van der Waals surface area contributed by atoms with Crippen LogP contribution >= 0.6 is 0 Å². The minimum atomic E-state index is -0.754. The van der Waals surface area contributed by atoms with E-state index in [1.165, 1.54) is 6.92 Å². The maximum Gasteiger partial charge on any atom is 0.245 e. The Kier molecular flexibility index (Phi) is 10.6. The number of ether oxygens (including phenoxy) is 1. The number of rotatable bonds is 6. The molecule has 0 bridgehead atoms. The number of phenolic OH excluding ortho intramolecular Hbond substituents is 1. The van der Waals surface area contributed by atoms with Gasteiger partial charge < -0.3 is 30.7 Å². The molecule has 2 fully saturated rings. The molecule has 3 heterocycles. The lowest BCUT2D eigenvalue weighted by Gasteiger charge is -2.42. The number of carbonyl (C=O) groups is 4. The number of benzene rings is 1. The second-order valence-electron chi connectivity index (χ2n) is 12.5. The van der Waals surface area contributed by atoms with Crippen LogP contribution in [0.1, 0.15) is 64.9 Å². The fraction of sp³-hybridized carbons (Fsp3) is 0.625. The third-order valence-corrected chi connectivity index (χ3v) is 8.81. The Morgan fingerprint density at radius 3 is 2.50 bits per heavy atom. The van der Waals surface area contributed by atoms with Gasteiger partial charge in [-0.25, -0.2) is 0 Å². The second-order valence-corrected chi connectivity index (χ2v) is 12.5. The fourth-order valence-corrected chi connectivity index (χ4v) is 6.31. The van der Waals surface area contributed by atoms with Crippen molar-refractivity contribution in [1.82, 2.24) is 20.9 Å². The van der Waals surface area contributed by atoms with E-state index in [4.69, 9.17) is 4.74 Å². The number of hydrogen-bond acceptors (Lipinski definition) is 6. The maximum atomic E-state index is 13.9. The summed E-state index contributed by atoms with van der Waals surface area (Å²) in [6, 6.07) is 5.21. The molecule has 4 amide bonds. The van der Waals surface area contributed by atoms with Crippen LogP contribution in [0.4, 0.5) is 0 Å². The first-order valence-electron chi connectivity index (χ1n) is 15.2. The lowest BCUT2D eigenvalue weighted by atomic mass is 9.74. The molecule has 10 nitrogen and oxygen atoms in total. The molecular formula is C32H46N4O6. The van der Waals surface area contributed by atoms with Gasteiger partial charge in [-0.15, -0.1) is 0 Å². The highest BCUT2D eigenvalue weighted by atomic mass is 16.5. The van der Waals surface area contributed by atoms with Gasteiger partial charge in [0.05, 0.1) is 12.0 Å². The summed E-state index contributed by atoms with van der Waals surface area (Å²) in [5.74, 6) is -0.258. The zero-order chi connectivity index (χ0) is 30.3. The number of nitrogens with zero attached hydrogens (tertiary/aromatic N) is 1. The zero-order valence-corrected chi connectivity index (χ0v) is 25.1. The number of hydrogen-bond donors (Lipinski definition) is 4. The molecule has 10 heteroatoms. The first-order valence-corrected chi connectivity index (χ1v) is 15.2. The van der Waals surface area contributed by atoms with Crippen molar-refractivity contribution >= 4 is 23.6 Å². The maximum absolute atomic E-state index is 13.9. The van der Waals surface area contributed by atoms with Crippen LogP contribution in [-0.4, -0.2) is 78.1 Å². The van der Waals surface area contributed by atoms with Gasteiger partial charge >= 0.3 is 0 Å². The summed E-state index contributed by atoms with van der Waals surface area (Å²) in [6.45, 7) is 7.41. The molecule has 0 aliphatic carbocycles. The Morgan fingerprint density at radius 2 is 1.83 bits per heavy atom. The first-order chi connectivity index (χ1) is 20.1. The van der Waals surface area contributed by atoms with Crippen molar-refractivity contribution < 1.29 is 29.0 Å². The summed E-state index contributed by atoms with van der Waals surface area (Å²) in [6.07, 6.45) is 7.96. The van der Waals surface area contributed by atoms with E-state index in [-0.39, 0.29) is 47.3 Å². The Balaban J connectivity index is 1.50. The van der Waals surface area contributed by atoms with Crippen LogP contribution in [0, 0.1) is 17.3 Å². The van der Waals surface area contributed by atoms with E-state index >= 15 is 0 Å². The monoisotopic (exact) mass is 582 g/mol. The van der Waals surface area contributed by atoms with Crippen LogP contribution in [0.3, 0.4) is 0 Å². The van der Waals surface area contributed by atoms with Gasteiger partial charge in [0, 0.05) is 45.0 Å². The largest absolute Gasteiger partial charge is 0.508 e. The van der Waals surface area contributed by atoms with Crippen molar-refractivity contribution in [2.45, 2.75) is 83.8 Å². The molecular weight excluding hydrogens is 536 g/mol. The molecule has 1 spiro atoms. The van der Waals surface area contributed by atoms with Gasteiger partial charge in [-0.3, -0.25) is 19.2 Å². The molecule has 0 saturated carbocycles. The van der Waals surface area contributed by atoms with Crippen LogP contribution < -0.4 is 16.0 Å². The highest BCUT2D eigenvalue weighted by Crippen LogP contribution is 2.37. The zero-order valence-electron chi connectivity index (χ0n) is 25.1. The van der Waals surface area contributed by atoms with Crippen molar-refractivity contribution in [3.63, 3.8) is 0 Å². The summed E-state index contributed by atoms with van der Waals surface area (Å²) in [4.78, 5) is 54.6. The standard InChI is InChI=1S/C32H46N4O6/c1-21(2)18-27-29(39)34-26-11-17-42-20-24(26)6-4-5-12-32(31(41)35-27)13-15-36(16-14-32)30(40)28(33-22(3)37)19-23-7-9-25(38)10-8-23/h4-5,7-10,21,24,26-28,38H,6,11-20H2,1-3H3,(H,33,37)(H,34,39)(H,35,41)/b5-4+/t24-,26+,27-,28+/m0/s1. The van der Waals surface area contributed by atoms with E-state index in [0.29, 0.717) is 58.4 Å². The highest BCUT2D eigenvalue weighted by Gasteiger charge is 2.44. The Bertz CT molecular complexity index is 1140. The summed E-state index contributed by atoms with van der Waals surface area (Å²) >= 11 is 0. The normalized spacial score (nSPS) is 26.2. The van der Waals surface area contributed by atoms with Gasteiger partial charge in [-0.2, -0.15) is 0 Å². The predicted octanol–water partition coefficient (Wildman–Crippen LogP) is 2.45. The number of phenols is 1. The molecule has 42 heavy (non-hydrogen) atoms. The summed E-state index contributed by atoms with van der Waals surface area (Å²) in [7, 11) is 0. The topological polar surface area (TPSA) is 137 Å². The number of carbonyl (C=O) groups excluding carboxylic acids is 4. The quantitative estimate of drug-likeness (QED) is 0.381. The van der Waals surface area contributed by atoms with Crippen molar-refractivity contribution in [2.75, 3.05) is 26.3 Å². The summed E-state index contributed by atoms with van der Waals surface area (Å²) in [5.41, 5.74) is 0.0718. The molecule has 0 unspecified atom stereocenters. The smallest absolute Gasteiger partial charge is 0.245 e. The molecule has 230 valence electrons. The van der Waals surface area contributed by atoms with E-state index in [1.807, 2.05) is 13.8 Å². The van der Waals surface area contributed by atoms with Crippen LogP contribution in [0.25, 0.3) is 0 Å². The summed E-state index contributed by atoms with van der Waals surface area (Å²) < 4.78 is 5.71. The number of amides is 4. The van der Waals surface area contributed by atoms with Crippen molar-refractivity contribution in [3.05, 3.63) is 42.0 Å². The van der Waals surface area contributed by atoms with Gasteiger partial charge in [0.15, 0.2) is 0 Å². The van der Waals surface area contributed by atoms with Crippen molar-refractivity contribution in [3.8, 4) is 5.75 Å². The molecule has 1 aromatic carbocycles. The molecule has 3 aliphatic rings. The third-order valence-electron chi connectivity index (χ3n) is 8.81. The molecule has 3 aliphatic heterocycles. The third kappa shape index (κ3) is 8.12. The summed E-state index contributed by atoms with van der Waals surface area (Å²) in [5, 5.41) is 18.7. The first kappa shape index (κ1) is 31.5. The SMILES string of the molecule is CC(=O)N[C@H](Cc1ccc(O)cc1)C(=O)N1CCC2(C/C=C/C[C@H]3COCC[C@H]3NC(=O)[C@H](CC(C)C)NC2=O)CC1. The highest BCUT2D eigenvalue weighted by molar-refractivity contribution is 5.91. The minimum absolute atomic E-state index is 0.0169. The number of piperidine rings is 1. The average molecular weight is 583 g/mol. The number of nitrogens with one attached hydrogen (secondary N) is 3. The predicted molar refractivity (Wildman–Crippen MR) is 158 cm³/mol. The Hall–Kier alpha value is -3.40. The van der Waals surface area contributed by atoms with Crippen molar-refractivity contribution in [2.24, 2.45) is 17.3 Å². The van der Waals surface area contributed by atoms with E-state index in [2.05, 4.69) is 28.1 Å². The number of fused-ring (bicyclic) bond motifs is 1. The van der Waals surface area contributed by atoms with Crippen LogP contribution in [-0.2, 0) is 30.3 Å². The Labute approximate surface area is 248 Å². The molecule has 4 N–H and O–H groups in total. The minimum Gasteiger partial charge on any atom is -0.508 e. The molecule has 4 rings (SSSR count). The van der Waals surface area contributed by atoms with E-state index < -0.39 is 17.5 Å². The van der Waals surface area contributed by atoms with Crippen molar-refractivity contribution in [1.29, 1.82) is 0 Å².